The molecule has 3 rings (SSSR count). The van der Waals surface area contributed by atoms with Gasteiger partial charge < -0.3 is 29.5 Å². The Kier molecular flexibility index (Phi) is 38.1. The SMILES string of the molecule is C.C1CCOC1.CCCCC/C=C\CC1OC1CCCCCCC(C)(C)C(=O)O.CCCCC/C=C\CC1OC1CCCCCCC(C)(C)C(=O)OC.[Li+].[OH-]. The third-order valence-electron chi connectivity index (χ3n) is 10.6. The van der Waals surface area contributed by atoms with Gasteiger partial charge in [0.25, 0.3) is 0 Å². The summed E-state index contributed by atoms with van der Waals surface area (Å²) in [6.45, 7) is 14.0. The number of methoxy groups -OCH3 is 1. The van der Waals surface area contributed by atoms with Gasteiger partial charge in [0.2, 0.25) is 0 Å². The number of allylic oxidation sites excluding steroid dienone is 2. The van der Waals surface area contributed by atoms with Gasteiger partial charge >= 0.3 is 30.8 Å². The van der Waals surface area contributed by atoms with E-state index in [1.165, 1.54) is 110 Å². The molecular formula is C46H87LiO8. The van der Waals surface area contributed by atoms with Crippen LogP contribution >= 0.6 is 0 Å². The molecule has 0 aromatic carbocycles. The summed E-state index contributed by atoms with van der Waals surface area (Å²) in [5.74, 6) is -0.783. The molecule has 3 aliphatic heterocycles. The molecule has 3 aliphatic rings. The first kappa shape index (κ1) is 58.2. The van der Waals surface area contributed by atoms with Crippen LogP contribution in [-0.2, 0) is 28.5 Å². The smallest absolute Gasteiger partial charge is 0.870 e. The van der Waals surface area contributed by atoms with Crippen LogP contribution in [0.1, 0.15) is 203 Å². The maximum Gasteiger partial charge on any atom is 1.00 e. The van der Waals surface area contributed by atoms with Crippen LogP contribution in [0.2, 0.25) is 0 Å². The summed E-state index contributed by atoms with van der Waals surface area (Å²) >= 11 is 0. The summed E-state index contributed by atoms with van der Waals surface area (Å²) in [6, 6.07) is 0. The normalized spacial score (nSPS) is 19.9. The number of hydrogen-bond acceptors (Lipinski definition) is 7. The Morgan fingerprint density at radius 1 is 0.636 bits per heavy atom. The largest absolute Gasteiger partial charge is 1.00 e. The second kappa shape index (κ2) is 36.0. The van der Waals surface area contributed by atoms with Crippen molar-refractivity contribution in [3.63, 3.8) is 0 Å². The van der Waals surface area contributed by atoms with E-state index in [9.17, 15) is 9.59 Å². The first-order valence-electron chi connectivity index (χ1n) is 21.5. The molecule has 4 atom stereocenters. The molecule has 9 heteroatoms. The molecule has 3 fully saturated rings. The molecule has 0 amide bonds. The quantitative estimate of drug-likeness (QED) is 0.0274. The maximum atomic E-state index is 11.6. The van der Waals surface area contributed by atoms with Crippen LogP contribution in [0.15, 0.2) is 24.3 Å². The second-order valence-corrected chi connectivity index (χ2v) is 16.6. The Balaban J connectivity index is -0.000000828. The number of ether oxygens (including phenoxy) is 4. The van der Waals surface area contributed by atoms with Gasteiger partial charge in [-0.05, 0) is 105 Å². The Bertz CT molecular complexity index is 954. The van der Waals surface area contributed by atoms with Crippen molar-refractivity contribution in [1.29, 1.82) is 0 Å². The number of epoxide rings is 2. The predicted molar refractivity (Wildman–Crippen MR) is 224 cm³/mol. The summed E-state index contributed by atoms with van der Waals surface area (Å²) in [7, 11) is 1.47. The first-order chi connectivity index (χ1) is 25.0. The van der Waals surface area contributed by atoms with Gasteiger partial charge in [-0.3, -0.25) is 9.59 Å². The number of carbonyl (C=O) groups excluding carboxylic acids is 1. The Morgan fingerprint density at radius 3 is 1.42 bits per heavy atom. The van der Waals surface area contributed by atoms with Crippen LogP contribution in [0.5, 0.6) is 0 Å². The minimum absolute atomic E-state index is 0. The number of unbranched alkanes of at least 4 members (excludes halogenated alkanes) is 12. The van der Waals surface area contributed by atoms with Crippen molar-refractivity contribution in [2.45, 2.75) is 227 Å². The molecule has 0 aliphatic carbocycles. The maximum absolute atomic E-state index is 11.6. The van der Waals surface area contributed by atoms with E-state index in [-0.39, 0.29) is 43.1 Å². The zero-order valence-corrected chi connectivity index (χ0v) is 36.3. The van der Waals surface area contributed by atoms with Gasteiger partial charge in [0.1, 0.15) is 0 Å². The third kappa shape index (κ3) is 31.5. The molecule has 0 spiro atoms. The molecule has 0 aromatic rings. The third-order valence-corrected chi connectivity index (χ3v) is 10.6. The molecule has 8 nitrogen and oxygen atoms in total. The van der Waals surface area contributed by atoms with Crippen molar-refractivity contribution < 1.29 is 58.0 Å². The number of carbonyl (C=O) groups is 2. The standard InChI is InChI=1S/C21H38O3.C20H36O3.C4H8O.CH4.Li.H2O/c1-5-6-7-8-9-12-15-18-19(24-18)16-13-10-11-14-17-21(2,3)20(22)23-4;1-4-5-6-7-8-11-14-17-18(23-17)15-12-9-10-13-16-20(2,3)19(21)22;1-2-4-5-3-1;;;/h9,12,18-19H,5-8,10-11,13-17H2,1-4H3;8,11,17-18H,4-7,9-10,12-16H2,1-3H3,(H,21,22);1-4H2;1H4;;1H2/q;;;;+1;/p-1/b12-9-;11-8-;;;;. The summed E-state index contributed by atoms with van der Waals surface area (Å²) in [5, 5.41) is 9.06. The molecule has 2 N–H and O–H groups in total. The predicted octanol–water partition coefficient (Wildman–Crippen LogP) is 9.81. The molecule has 0 saturated carbocycles. The number of carboxylic acid groups (broad SMARTS) is 1. The van der Waals surface area contributed by atoms with Crippen molar-refractivity contribution in [1.82, 2.24) is 0 Å². The van der Waals surface area contributed by atoms with E-state index in [2.05, 4.69) is 38.2 Å². The van der Waals surface area contributed by atoms with Gasteiger partial charge in [-0.1, -0.05) is 123 Å². The van der Waals surface area contributed by atoms with Crippen LogP contribution in [-0.4, -0.2) is 67.3 Å². The topological polar surface area (TPSA) is 128 Å². The number of hydrogen-bond donors (Lipinski definition) is 1. The monoisotopic (exact) mass is 775 g/mol. The van der Waals surface area contributed by atoms with Crippen molar-refractivity contribution in [3.05, 3.63) is 24.3 Å². The van der Waals surface area contributed by atoms with Gasteiger partial charge in [-0.15, -0.1) is 0 Å². The van der Waals surface area contributed by atoms with Crippen molar-refractivity contribution in [3.8, 4) is 0 Å². The van der Waals surface area contributed by atoms with Gasteiger partial charge in [0.05, 0.1) is 42.4 Å². The molecule has 0 bridgehead atoms. The van der Waals surface area contributed by atoms with E-state index in [0.29, 0.717) is 24.4 Å². The summed E-state index contributed by atoms with van der Waals surface area (Å²) in [4.78, 5) is 22.6. The number of carboxylic acids is 1. The molecule has 320 valence electrons. The zero-order valence-electron chi connectivity index (χ0n) is 36.3. The van der Waals surface area contributed by atoms with E-state index < -0.39 is 11.4 Å². The van der Waals surface area contributed by atoms with Gasteiger partial charge in [0, 0.05) is 13.2 Å². The second-order valence-electron chi connectivity index (χ2n) is 16.6. The van der Waals surface area contributed by atoms with Crippen molar-refractivity contribution in [2.24, 2.45) is 10.8 Å². The average Bonchev–Trinajstić information content (AvgIpc) is 3.98. The van der Waals surface area contributed by atoms with Crippen molar-refractivity contribution >= 4 is 11.9 Å². The van der Waals surface area contributed by atoms with E-state index in [4.69, 9.17) is 24.1 Å². The van der Waals surface area contributed by atoms with Crippen LogP contribution in [0, 0.1) is 10.8 Å². The molecule has 4 unspecified atom stereocenters. The fourth-order valence-corrected chi connectivity index (χ4v) is 6.53. The Hall–Kier alpha value is -1.14. The molecule has 55 heavy (non-hydrogen) atoms. The summed E-state index contributed by atoms with van der Waals surface area (Å²) in [5.41, 5.74) is -0.920. The van der Waals surface area contributed by atoms with Crippen LogP contribution in [0.3, 0.4) is 0 Å². The summed E-state index contributed by atoms with van der Waals surface area (Å²) in [6.07, 6.45) is 39.4. The zero-order chi connectivity index (χ0) is 38.5. The average molecular weight is 775 g/mol. The van der Waals surface area contributed by atoms with Gasteiger partial charge in [0.15, 0.2) is 0 Å². The van der Waals surface area contributed by atoms with E-state index in [1.54, 1.807) is 0 Å². The summed E-state index contributed by atoms with van der Waals surface area (Å²) < 4.78 is 21.2. The van der Waals surface area contributed by atoms with Crippen LogP contribution in [0.25, 0.3) is 0 Å². The van der Waals surface area contributed by atoms with Gasteiger partial charge in [-0.25, -0.2) is 0 Å². The Morgan fingerprint density at radius 2 is 1.05 bits per heavy atom. The number of esters is 1. The van der Waals surface area contributed by atoms with Crippen molar-refractivity contribution in [2.75, 3.05) is 20.3 Å². The minimum atomic E-state index is -0.686. The minimum Gasteiger partial charge on any atom is -0.870 e. The number of aliphatic carboxylic acids is 1. The number of rotatable bonds is 28. The fraction of sp³-hybridized carbons (Fsp3) is 0.870. The molecule has 0 aromatic heterocycles. The molecular weight excluding hydrogens is 687 g/mol. The van der Waals surface area contributed by atoms with Crippen LogP contribution < -0.4 is 18.9 Å². The van der Waals surface area contributed by atoms with E-state index >= 15 is 0 Å². The van der Waals surface area contributed by atoms with Gasteiger partial charge in [-0.2, -0.15) is 0 Å². The van der Waals surface area contributed by atoms with E-state index in [1.807, 2.05) is 27.7 Å². The molecule has 3 saturated heterocycles. The molecule has 3 heterocycles. The van der Waals surface area contributed by atoms with E-state index in [0.717, 1.165) is 64.6 Å². The Labute approximate surface area is 351 Å². The fourth-order valence-electron chi connectivity index (χ4n) is 6.53. The molecule has 0 radical (unpaired) electrons. The first-order valence-corrected chi connectivity index (χ1v) is 21.5. The van der Waals surface area contributed by atoms with Crippen LogP contribution in [0.4, 0.5) is 0 Å².